The average Bonchev–Trinajstić information content (AvgIpc) is 2.27. The van der Waals surface area contributed by atoms with Crippen molar-refractivity contribution in [1.82, 2.24) is 5.32 Å². The first kappa shape index (κ1) is 15.1. The molecule has 0 heterocycles. The van der Waals surface area contributed by atoms with Gasteiger partial charge in [-0.15, -0.1) is 0 Å². The van der Waals surface area contributed by atoms with Crippen molar-refractivity contribution in [2.24, 2.45) is 5.92 Å². The van der Waals surface area contributed by atoms with Gasteiger partial charge in [0.2, 0.25) is 5.91 Å². The van der Waals surface area contributed by atoms with E-state index in [2.05, 4.69) is 5.32 Å². The van der Waals surface area contributed by atoms with Crippen molar-refractivity contribution in [3.05, 3.63) is 35.6 Å². The number of rotatable bonds is 6. The molecule has 1 aromatic rings. The first-order valence-corrected chi connectivity index (χ1v) is 6.15. The Morgan fingerprint density at radius 1 is 1.26 bits per heavy atom. The summed E-state index contributed by atoms with van der Waals surface area (Å²) in [6, 6.07) is 5.80. The van der Waals surface area contributed by atoms with E-state index in [1.54, 1.807) is 32.0 Å². The van der Waals surface area contributed by atoms with E-state index in [9.17, 15) is 14.0 Å². The van der Waals surface area contributed by atoms with Gasteiger partial charge in [-0.3, -0.25) is 9.59 Å². The summed E-state index contributed by atoms with van der Waals surface area (Å²) in [7, 11) is 0. The minimum atomic E-state index is -0.928. The fourth-order valence-corrected chi connectivity index (χ4v) is 1.89. The van der Waals surface area contributed by atoms with E-state index in [0.29, 0.717) is 5.56 Å². The van der Waals surface area contributed by atoms with E-state index in [-0.39, 0.29) is 30.5 Å². The molecule has 0 aliphatic rings. The Labute approximate surface area is 111 Å². The molecular formula is C14H18FNO3. The summed E-state index contributed by atoms with van der Waals surface area (Å²) in [5.74, 6) is -1.81. The number of carboxylic acids is 1. The lowest BCUT2D eigenvalue weighted by Crippen LogP contribution is -2.28. The Balaban J connectivity index is 2.53. The van der Waals surface area contributed by atoms with E-state index < -0.39 is 12.0 Å². The smallest absolute Gasteiger partial charge is 0.303 e. The second-order valence-corrected chi connectivity index (χ2v) is 4.72. The van der Waals surface area contributed by atoms with Crippen LogP contribution < -0.4 is 5.32 Å². The molecule has 1 amide bonds. The third-order valence-corrected chi connectivity index (χ3v) is 2.81. The molecule has 0 saturated carbocycles. The van der Waals surface area contributed by atoms with Crippen LogP contribution in [0.4, 0.5) is 4.39 Å². The second-order valence-electron chi connectivity index (χ2n) is 4.72. The van der Waals surface area contributed by atoms with Crippen molar-refractivity contribution in [2.45, 2.75) is 32.7 Å². The molecule has 2 N–H and O–H groups in total. The normalized spacial score (nSPS) is 13.6. The summed E-state index contributed by atoms with van der Waals surface area (Å²) in [5, 5.41) is 11.3. The summed E-state index contributed by atoms with van der Waals surface area (Å²) in [6.45, 7) is 3.39. The quantitative estimate of drug-likeness (QED) is 0.832. The minimum Gasteiger partial charge on any atom is -0.481 e. The van der Waals surface area contributed by atoms with Crippen molar-refractivity contribution < 1.29 is 19.1 Å². The maximum atomic E-state index is 13.5. The summed E-state index contributed by atoms with van der Waals surface area (Å²) in [6.07, 6.45) is 0.0621. The van der Waals surface area contributed by atoms with Gasteiger partial charge >= 0.3 is 5.97 Å². The van der Waals surface area contributed by atoms with E-state index in [1.807, 2.05) is 0 Å². The molecule has 1 unspecified atom stereocenters. The van der Waals surface area contributed by atoms with Gasteiger partial charge in [-0.25, -0.2) is 4.39 Å². The van der Waals surface area contributed by atoms with Gasteiger partial charge < -0.3 is 10.4 Å². The Bertz CT molecular complexity index is 462. The highest BCUT2D eigenvalue weighted by atomic mass is 19.1. The number of aliphatic carboxylic acids is 1. The number of hydrogen-bond acceptors (Lipinski definition) is 2. The number of halogens is 1. The number of nitrogens with one attached hydrogen (secondary N) is 1. The number of carbonyl (C=O) groups is 2. The number of amides is 1. The second kappa shape index (κ2) is 6.87. The van der Waals surface area contributed by atoms with Gasteiger partial charge in [0.1, 0.15) is 5.82 Å². The van der Waals surface area contributed by atoms with Crippen LogP contribution in [-0.2, 0) is 9.59 Å². The summed E-state index contributed by atoms with van der Waals surface area (Å²) >= 11 is 0. The van der Waals surface area contributed by atoms with Crippen LogP contribution >= 0.6 is 0 Å². The van der Waals surface area contributed by atoms with Gasteiger partial charge in [0.05, 0.1) is 6.04 Å². The standard InChI is InChI=1S/C14H18FNO3/c1-9(8-14(18)19)7-13(17)16-10(2)11-5-3-4-6-12(11)15/h3-6,9-10H,7-8H2,1-2H3,(H,16,17)(H,18,19)/t9?,10-/m1/s1. The van der Waals surface area contributed by atoms with E-state index in [4.69, 9.17) is 5.11 Å². The molecule has 1 aromatic carbocycles. The fraction of sp³-hybridized carbons (Fsp3) is 0.429. The van der Waals surface area contributed by atoms with E-state index in [1.165, 1.54) is 6.07 Å². The monoisotopic (exact) mass is 267 g/mol. The first-order chi connectivity index (χ1) is 8.90. The van der Waals surface area contributed by atoms with Gasteiger partial charge in [0.25, 0.3) is 0 Å². The Kier molecular flexibility index (Phi) is 5.48. The lowest BCUT2D eigenvalue weighted by molar-refractivity contribution is -0.138. The largest absolute Gasteiger partial charge is 0.481 e. The molecule has 104 valence electrons. The van der Waals surface area contributed by atoms with Gasteiger partial charge in [0, 0.05) is 18.4 Å². The number of benzene rings is 1. The van der Waals surface area contributed by atoms with Crippen LogP contribution in [0, 0.1) is 11.7 Å². The maximum absolute atomic E-state index is 13.5. The van der Waals surface area contributed by atoms with Gasteiger partial charge in [0.15, 0.2) is 0 Å². The lowest BCUT2D eigenvalue weighted by atomic mass is 10.0. The van der Waals surface area contributed by atoms with Crippen LogP contribution in [0.1, 0.15) is 38.3 Å². The molecule has 19 heavy (non-hydrogen) atoms. The minimum absolute atomic E-state index is 0.0541. The van der Waals surface area contributed by atoms with Crippen molar-refractivity contribution in [2.75, 3.05) is 0 Å². The first-order valence-electron chi connectivity index (χ1n) is 6.15. The van der Waals surface area contributed by atoms with Gasteiger partial charge in [-0.05, 0) is 18.9 Å². The topological polar surface area (TPSA) is 66.4 Å². The summed E-state index contributed by atoms with van der Waals surface area (Å²) in [5.41, 5.74) is 0.418. The zero-order valence-electron chi connectivity index (χ0n) is 11.0. The molecule has 0 bridgehead atoms. The van der Waals surface area contributed by atoms with Crippen LogP contribution in [0.3, 0.4) is 0 Å². The van der Waals surface area contributed by atoms with Crippen LogP contribution in [0.25, 0.3) is 0 Å². The molecular weight excluding hydrogens is 249 g/mol. The molecule has 0 aliphatic heterocycles. The van der Waals surface area contributed by atoms with Crippen molar-refractivity contribution in [1.29, 1.82) is 0 Å². The molecule has 5 heteroatoms. The molecule has 1 rings (SSSR count). The molecule has 0 spiro atoms. The molecule has 4 nitrogen and oxygen atoms in total. The van der Waals surface area contributed by atoms with Crippen molar-refractivity contribution >= 4 is 11.9 Å². The fourth-order valence-electron chi connectivity index (χ4n) is 1.89. The Morgan fingerprint density at radius 3 is 2.47 bits per heavy atom. The molecule has 2 atom stereocenters. The zero-order chi connectivity index (χ0) is 14.4. The predicted molar refractivity (Wildman–Crippen MR) is 69.0 cm³/mol. The molecule has 0 radical (unpaired) electrons. The molecule has 0 saturated heterocycles. The highest BCUT2D eigenvalue weighted by Gasteiger charge is 2.16. The Hall–Kier alpha value is -1.91. The van der Waals surface area contributed by atoms with Crippen molar-refractivity contribution in [3.63, 3.8) is 0 Å². The van der Waals surface area contributed by atoms with Gasteiger partial charge in [-0.2, -0.15) is 0 Å². The highest BCUT2D eigenvalue weighted by Crippen LogP contribution is 2.17. The maximum Gasteiger partial charge on any atom is 0.303 e. The average molecular weight is 267 g/mol. The highest BCUT2D eigenvalue weighted by molar-refractivity contribution is 5.77. The number of hydrogen-bond donors (Lipinski definition) is 2. The molecule has 0 fully saturated rings. The van der Waals surface area contributed by atoms with E-state index in [0.717, 1.165) is 0 Å². The van der Waals surface area contributed by atoms with Crippen LogP contribution in [0.2, 0.25) is 0 Å². The van der Waals surface area contributed by atoms with Crippen LogP contribution in [-0.4, -0.2) is 17.0 Å². The third-order valence-electron chi connectivity index (χ3n) is 2.81. The predicted octanol–water partition coefficient (Wildman–Crippen LogP) is 2.50. The number of carbonyl (C=O) groups excluding carboxylic acids is 1. The third kappa shape index (κ3) is 5.07. The van der Waals surface area contributed by atoms with Crippen LogP contribution in [0.15, 0.2) is 24.3 Å². The van der Waals surface area contributed by atoms with Gasteiger partial charge in [-0.1, -0.05) is 25.1 Å². The van der Waals surface area contributed by atoms with Crippen molar-refractivity contribution in [3.8, 4) is 0 Å². The summed E-state index contributed by atoms with van der Waals surface area (Å²) in [4.78, 5) is 22.2. The zero-order valence-corrected chi connectivity index (χ0v) is 11.0. The lowest BCUT2D eigenvalue weighted by Gasteiger charge is -2.16. The Morgan fingerprint density at radius 2 is 1.89 bits per heavy atom. The number of carboxylic acid groups (broad SMARTS) is 1. The SMILES string of the molecule is CC(CC(=O)O)CC(=O)N[C@H](C)c1ccccc1F. The molecule has 0 aromatic heterocycles. The van der Waals surface area contributed by atoms with Crippen LogP contribution in [0.5, 0.6) is 0 Å². The summed E-state index contributed by atoms with van der Waals surface area (Å²) < 4.78 is 13.5. The van der Waals surface area contributed by atoms with E-state index >= 15 is 0 Å². The molecule has 0 aliphatic carbocycles.